The lowest BCUT2D eigenvalue weighted by atomic mass is 10.0. The molecule has 3 amide bonds. The van der Waals surface area contributed by atoms with Gasteiger partial charge in [0.15, 0.2) is 0 Å². The van der Waals surface area contributed by atoms with Crippen molar-refractivity contribution in [2.75, 3.05) is 13.2 Å². The van der Waals surface area contributed by atoms with E-state index in [1.165, 1.54) is 0 Å². The highest BCUT2D eigenvalue weighted by Crippen LogP contribution is 2.08. The number of nitrogens with two attached hydrogens (primary N) is 1. The molecule has 1 aliphatic heterocycles. The Kier molecular flexibility index (Phi) is 7.26. The number of rotatable bonds is 6. The van der Waals surface area contributed by atoms with Crippen LogP contribution in [0.1, 0.15) is 33.1 Å². The van der Waals surface area contributed by atoms with Gasteiger partial charge in [0.25, 0.3) is 0 Å². The van der Waals surface area contributed by atoms with Crippen molar-refractivity contribution < 1.29 is 19.5 Å². The Morgan fingerprint density at radius 1 is 1.00 bits per heavy atom. The molecule has 126 valence electrons. The summed E-state index contributed by atoms with van der Waals surface area (Å²) in [6.07, 6.45) is 1.87. The molecule has 0 aromatic carbocycles. The van der Waals surface area contributed by atoms with Crippen LogP contribution < -0.4 is 21.7 Å². The maximum absolute atomic E-state index is 12.3. The van der Waals surface area contributed by atoms with Crippen LogP contribution in [0.5, 0.6) is 0 Å². The highest BCUT2D eigenvalue weighted by atomic mass is 16.3. The molecule has 1 saturated heterocycles. The first-order valence-corrected chi connectivity index (χ1v) is 7.62. The van der Waals surface area contributed by atoms with Crippen LogP contribution >= 0.6 is 0 Å². The molecule has 3 atom stereocenters. The zero-order valence-corrected chi connectivity index (χ0v) is 13.1. The van der Waals surface area contributed by atoms with E-state index in [0.717, 1.165) is 6.42 Å². The highest BCUT2D eigenvalue weighted by molar-refractivity contribution is 5.97. The van der Waals surface area contributed by atoms with Crippen molar-refractivity contribution in [3.8, 4) is 0 Å². The second kappa shape index (κ2) is 8.70. The van der Waals surface area contributed by atoms with Crippen molar-refractivity contribution >= 4 is 17.7 Å². The Morgan fingerprint density at radius 2 is 1.59 bits per heavy atom. The fourth-order valence-corrected chi connectivity index (χ4v) is 2.28. The zero-order valence-electron chi connectivity index (χ0n) is 13.1. The summed E-state index contributed by atoms with van der Waals surface area (Å²) in [7, 11) is 0. The Hall–Kier alpha value is -1.67. The first-order valence-electron chi connectivity index (χ1n) is 7.62. The SMILES string of the molecule is CC(C)[C@@H]1NC(=O)[C@H](CCCCN)NC(=O)[C@H](CO)NC1=O. The number of carbonyl (C=O) groups excluding carboxylic acids is 3. The molecule has 0 aromatic heterocycles. The van der Waals surface area contributed by atoms with Crippen molar-refractivity contribution in [3.05, 3.63) is 0 Å². The van der Waals surface area contributed by atoms with E-state index in [0.29, 0.717) is 19.4 Å². The molecule has 0 bridgehead atoms. The summed E-state index contributed by atoms with van der Waals surface area (Å²) in [5.74, 6) is -1.56. The molecule has 1 rings (SSSR count). The maximum Gasteiger partial charge on any atom is 0.245 e. The van der Waals surface area contributed by atoms with Gasteiger partial charge in [-0.2, -0.15) is 0 Å². The molecule has 6 N–H and O–H groups in total. The van der Waals surface area contributed by atoms with Gasteiger partial charge < -0.3 is 26.8 Å². The van der Waals surface area contributed by atoms with E-state index < -0.39 is 42.5 Å². The predicted molar refractivity (Wildman–Crippen MR) is 80.6 cm³/mol. The lowest BCUT2D eigenvalue weighted by Gasteiger charge is -2.23. The molecule has 1 fully saturated rings. The Morgan fingerprint density at radius 3 is 2.14 bits per heavy atom. The van der Waals surface area contributed by atoms with Crippen molar-refractivity contribution in [1.82, 2.24) is 16.0 Å². The van der Waals surface area contributed by atoms with Gasteiger partial charge in [-0.25, -0.2) is 0 Å². The van der Waals surface area contributed by atoms with Crippen molar-refractivity contribution in [3.63, 3.8) is 0 Å². The molecule has 8 heteroatoms. The average Bonchev–Trinajstić information content (AvgIpc) is 2.51. The molecule has 8 nitrogen and oxygen atoms in total. The third-order valence-electron chi connectivity index (χ3n) is 3.64. The van der Waals surface area contributed by atoms with Gasteiger partial charge in [-0.05, 0) is 31.7 Å². The van der Waals surface area contributed by atoms with Crippen LogP contribution in [0.4, 0.5) is 0 Å². The molecule has 0 unspecified atom stereocenters. The van der Waals surface area contributed by atoms with E-state index in [2.05, 4.69) is 16.0 Å². The number of aliphatic hydroxyl groups is 1. The molecular weight excluding hydrogens is 288 g/mol. The first kappa shape index (κ1) is 18.4. The number of hydrogen-bond donors (Lipinski definition) is 5. The molecule has 0 aliphatic carbocycles. The van der Waals surface area contributed by atoms with E-state index in [9.17, 15) is 19.5 Å². The molecule has 1 heterocycles. The minimum absolute atomic E-state index is 0.138. The summed E-state index contributed by atoms with van der Waals surface area (Å²) < 4.78 is 0. The van der Waals surface area contributed by atoms with Crippen LogP contribution in [0.2, 0.25) is 0 Å². The minimum atomic E-state index is -1.06. The number of carbonyl (C=O) groups is 3. The lowest BCUT2D eigenvalue weighted by Crippen LogP contribution is -2.53. The van der Waals surface area contributed by atoms with Gasteiger partial charge in [0, 0.05) is 0 Å². The van der Waals surface area contributed by atoms with Crippen LogP contribution in [0, 0.1) is 5.92 Å². The largest absolute Gasteiger partial charge is 0.394 e. The number of nitrogens with one attached hydrogen (secondary N) is 3. The third-order valence-corrected chi connectivity index (χ3v) is 3.64. The van der Waals surface area contributed by atoms with Gasteiger partial charge in [-0.15, -0.1) is 0 Å². The fraction of sp³-hybridized carbons (Fsp3) is 0.786. The number of amides is 3. The standard InChI is InChI=1S/C14H26N4O4/c1-8(2)11-14(22)17-10(7-19)13(21)16-9(12(20)18-11)5-3-4-6-15/h8-11,19H,3-7,15H2,1-2H3,(H,16,21)(H,17,22)(H,18,20)/t9-,10-,11-/m0/s1. The summed E-state index contributed by atoms with van der Waals surface area (Å²) in [6.45, 7) is 3.59. The summed E-state index contributed by atoms with van der Waals surface area (Å²) in [5, 5.41) is 17.0. The predicted octanol–water partition coefficient (Wildman–Crippen LogP) is -1.77. The van der Waals surface area contributed by atoms with Gasteiger partial charge in [0.05, 0.1) is 6.61 Å². The maximum atomic E-state index is 12.3. The second-order valence-electron chi connectivity index (χ2n) is 5.82. The molecule has 22 heavy (non-hydrogen) atoms. The van der Waals surface area contributed by atoms with E-state index >= 15 is 0 Å². The van der Waals surface area contributed by atoms with Crippen molar-refractivity contribution in [2.45, 2.75) is 51.2 Å². The Balaban J connectivity index is 2.94. The van der Waals surface area contributed by atoms with Gasteiger partial charge in [-0.1, -0.05) is 13.8 Å². The average molecular weight is 314 g/mol. The van der Waals surface area contributed by atoms with Crippen LogP contribution in [0.15, 0.2) is 0 Å². The summed E-state index contributed by atoms with van der Waals surface area (Å²) in [4.78, 5) is 36.5. The Bertz CT molecular complexity index is 414. The zero-order chi connectivity index (χ0) is 16.7. The fourth-order valence-electron chi connectivity index (χ4n) is 2.28. The topological polar surface area (TPSA) is 134 Å². The molecule has 0 radical (unpaired) electrons. The minimum Gasteiger partial charge on any atom is -0.394 e. The van der Waals surface area contributed by atoms with E-state index in [-0.39, 0.29) is 5.92 Å². The van der Waals surface area contributed by atoms with Crippen LogP contribution in [-0.4, -0.2) is 54.1 Å². The van der Waals surface area contributed by atoms with Gasteiger partial charge in [0.1, 0.15) is 18.1 Å². The molecule has 0 spiro atoms. The Labute approximate surface area is 130 Å². The van der Waals surface area contributed by atoms with Crippen LogP contribution in [0.3, 0.4) is 0 Å². The van der Waals surface area contributed by atoms with E-state index in [1.807, 2.05) is 0 Å². The monoisotopic (exact) mass is 314 g/mol. The number of aliphatic hydroxyl groups excluding tert-OH is 1. The lowest BCUT2D eigenvalue weighted by molar-refractivity contribution is -0.131. The summed E-state index contributed by atoms with van der Waals surface area (Å²) >= 11 is 0. The second-order valence-corrected chi connectivity index (χ2v) is 5.82. The van der Waals surface area contributed by atoms with Crippen LogP contribution in [-0.2, 0) is 14.4 Å². The van der Waals surface area contributed by atoms with Crippen LogP contribution in [0.25, 0.3) is 0 Å². The first-order chi connectivity index (χ1) is 10.4. The highest BCUT2D eigenvalue weighted by Gasteiger charge is 2.34. The van der Waals surface area contributed by atoms with Gasteiger partial charge >= 0.3 is 0 Å². The quantitative estimate of drug-likeness (QED) is 0.370. The normalized spacial score (nSPS) is 26.6. The van der Waals surface area contributed by atoms with Gasteiger partial charge in [0.2, 0.25) is 17.7 Å². The number of unbranched alkanes of at least 4 members (excludes halogenated alkanes) is 1. The van der Waals surface area contributed by atoms with Gasteiger partial charge in [-0.3, -0.25) is 14.4 Å². The molecular formula is C14H26N4O4. The third kappa shape index (κ3) is 4.96. The van der Waals surface area contributed by atoms with E-state index in [1.54, 1.807) is 13.8 Å². The molecule has 0 aromatic rings. The molecule has 1 aliphatic rings. The molecule has 0 saturated carbocycles. The van der Waals surface area contributed by atoms with Crippen molar-refractivity contribution in [2.24, 2.45) is 11.7 Å². The smallest absolute Gasteiger partial charge is 0.245 e. The van der Waals surface area contributed by atoms with E-state index in [4.69, 9.17) is 5.73 Å². The number of hydrogen-bond acceptors (Lipinski definition) is 5. The summed E-state index contributed by atoms with van der Waals surface area (Å²) in [5.41, 5.74) is 5.43. The van der Waals surface area contributed by atoms with Crippen molar-refractivity contribution in [1.29, 1.82) is 0 Å². The summed E-state index contributed by atoms with van der Waals surface area (Å²) in [6, 6.07) is -2.54.